The summed E-state index contributed by atoms with van der Waals surface area (Å²) in [6.45, 7) is 6.59. The van der Waals surface area contributed by atoms with Gasteiger partial charge in [-0.3, -0.25) is 9.59 Å². The van der Waals surface area contributed by atoms with E-state index in [9.17, 15) is 9.59 Å². The summed E-state index contributed by atoms with van der Waals surface area (Å²) < 4.78 is 0. The first-order valence-corrected chi connectivity index (χ1v) is 6.65. The lowest BCUT2D eigenvalue weighted by atomic mass is 10.2. The van der Waals surface area contributed by atoms with Crippen molar-refractivity contribution >= 4 is 11.8 Å². The third-order valence-corrected chi connectivity index (χ3v) is 3.37. The molecular formula is C13H24N2O3. The minimum Gasteiger partial charge on any atom is -0.395 e. The second-order valence-electron chi connectivity index (χ2n) is 5.26. The van der Waals surface area contributed by atoms with Gasteiger partial charge in [0.05, 0.1) is 6.61 Å². The monoisotopic (exact) mass is 256 g/mol. The van der Waals surface area contributed by atoms with E-state index < -0.39 is 0 Å². The normalized spacial score (nSPS) is 21.8. The van der Waals surface area contributed by atoms with Crippen LogP contribution in [0.2, 0.25) is 0 Å². The minimum absolute atomic E-state index is 0.0248. The van der Waals surface area contributed by atoms with Gasteiger partial charge in [-0.1, -0.05) is 6.92 Å². The molecule has 1 aliphatic rings. The fourth-order valence-corrected chi connectivity index (χ4v) is 2.03. The highest BCUT2D eigenvalue weighted by Gasteiger charge is 2.38. The first kappa shape index (κ1) is 15.0. The van der Waals surface area contributed by atoms with Crippen LogP contribution in [-0.2, 0) is 9.59 Å². The smallest absolute Gasteiger partial charge is 0.224 e. The molecule has 5 nitrogen and oxygen atoms in total. The molecule has 0 bridgehead atoms. The lowest BCUT2D eigenvalue weighted by Crippen LogP contribution is -2.40. The summed E-state index contributed by atoms with van der Waals surface area (Å²) in [6.07, 6.45) is 1.26. The molecule has 0 heterocycles. The summed E-state index contributed by atoms with van der Waals surface area (Å²) >= 11 is 0. The van der Waals surface area contributed by atoms with Crippen LogP contribution in [-0.4, -0.2) is 47.6 Å². The van der Waals surface area contributed by atoms with Crippen LogP contribution in [0, 0.1) is 11.8 Å². The van der Waals surface area contributed by atoms with E-state index in [1.165, 1.54) is 0 Å². The number of amides is 2. The van der Waals surface area contributed by atoms with E-state index in [4.69, 9.17) is 5.11 Å². The standard InChI is InChI=1S/C13H24N2O3/c1-9(2)15(6-7-16)12(17)4-5-14-13(18)11-8-10(11)3/h9-11,16H,4-8H2,1-3H3,(H,14,18). The van der Waals surface area contributed by atoms with Crippen LogP contribution in [0.5, 0.6) is 0 Å². The highest BCUT2D eigenvalue weighted by Crippen LogP contribution is 2.37. The van der Waals surface area contributed by atoms with Crippen LogP contribution >= 0.6 is 0 Å². The zero-order valence-electron chi connectivity index (χ0n) is 11.5. The van der Waals surface area contributed by atoms with Crippen LogP contribution in [0.1, 0.15) is 33.6 Å². The predicted molar refractivity (Wildman–Crippen MR) is 68.8 cm³/mol. The van der Waals surface area contributed by atoms with Gasteiger partial charge in [0, 0.05) is 31.5 Å². The molecule has 0 aromatic heterocycles. The Kier molecular flexibility index (Phi) is 5.59. The van der Waals surface area contributed by atoms with Crippen molar-refractivity contribution in [3.05, 3.63) is 0 Å². The molecule has 1 fully saturated rings. The Labute approximate surface area is 109 Å². The quantitative estimate of drug-likeness (QED) is 0.692. The molecule has 0 saturated heterocycles. The van der Waals surface area contributed by atoms with Gasteiger partial charge in [-0.25, -0.2) is 0 Å². The van der Waals surface area contributed by atoms with Crippen LogP contribution in [0.4, 0.5) is 0 Å². The van der Waals surface area contributed by atoms with Crippen LogP contribution < -0.4 is 5.32 Å². The second-order valence-corrected chi connectivity index (χ2v) is 5.26. The first-order chi connectivity index (χ1) is 8.47. The van der Waals surface area contributed by atoms with Gasteiger partial charge in [0.15, 0.2) is 0 Å². The van der Waals surface area contributed by atoms with E-state index in [0.717, 1.165) is 6.42 Å². The SMILES string of the molecule is CC1CC1C(=O)NCCC(=O)N(CCO)C(C)C. The number of aliphatic hydroxyl groups excluding tert-OH is 1. The highest BCUT2D eigenvalue weighted by atomic mass is 16.3. The van der Waals surface area contributed by atoms with Crippen molar-refractivity contribution in [1.82, 2.24) is 10.2 Å². The second kappa shape index (κ2) is 6.73. The Balaban J connectivity index is 2.24. The summed E-state index contributed by atoms with van der Waals surface area (Å²) in [5.41, 5.74) is 0. The Morgan fingerprint density at radius 2 is 2.06 bits per heavy atom. The third-order valence-electron chi connectivity index (χ3n) is 3.37. The summed E-state index contributed by atoms with van der Waals surface area (Å²) in [5.74, 6) is 0.678. The topological polar surface area (TPSA) is 69.6 Å². The minimum atomic E-state index is -0.0319. The number of hydrogen-bond acceptors (Lipinski definition) is 3. The largest absolute Gasteiger partial charge is 0.395 e. The number of carbonyl (C=O) groups excluding carboxylic acids is 2. The molecule has 0 aromatic carbocycles. The van der Waals surface area contributed by atoms with Crippen molar-refractivity contribution < 1.29 is 14.7 Å². The average molecular weight is 256 g/mol. The van der Waals surface area contributed by atoms with E-state index in [1.807, 2.05) is 13.8 Å². The van der Waals surface area contributed by atoms with Crippen molar-refractivity contribution in [1.29, 1.82) is 0 Å². The van der Waals surface area contributed by atoms with E-state index in [2.05, 4.69) is 12.2 Å². The Morgan fingerprint density at radius 3 is 2.50 bits per heavy atom. The maximum absolute atomic E-state index is 11.9. The maximum atomic E-state index is 11.9. The van der Waals surface area contributed by atoms with E-state index in [1.54, 1.807) is 4.90 Å². The van der Waals surface area contributed by atoms with Crippen molar-refractivity contribution in [3.63, 3.8) is 0 Å². The van der Waals surface area contributed by atoms with E-state index in [-0.39, 0.29) is 30.4 Å². The van der Waals surface area contributed by atoms with Gasteiger partial charge >= 0.3 is 0 Å². The molecule has 1 rings (SSSR count). The summed E-state index contributed by atoms with van der Waals surface area (Å²) in [5, 5.41) is 11.7. The van der Waals surface area contributed by atoms with Crippen molar-refractivity contribution in [3.8, 4) is 0 Å². The molecule has 104 valence electrons. The van der Waals surface area contributed by atoms with E-state index >= 15 is 0 Å². The molecule has 0 radical (unpaired) electrons. The lowest BCUT2D eigenvalue weighted by molar-refractivity contribution is -0.133. The zero-order chi connectivity index (χ0) is 13.7. The Bertz CT molecular complexity index is 305. The average Bonchev–Trinajstić information content (AvgIpc) is 3.02. The molecular weight excluding hydrogens is 232 g/mol. The lowest BCUT2D eigenvalue weighted by Gasteiger charge is -2.26. The fourth-order valence-electron chi connectivity index (χ4n) is 2.03. The summed E-state index contributed by atoms with van der Waals surface area (Å²) in [7, 11) is 0. The molecule has 1 aliphatic carbocycles. The van der Waals surface area contributed by atoms with E-state index in [0.29, 0.717) is 25.4 Å². The van der Waals surface area contributed by atoms with Crippen molar-refractivity contribution in [2.24, 2.45) is 11.8 Å². The van der Waals surface area contributed by atoms with Gasteiger partial charge in [0.1, 0.15) is 0 Å². The molecule has 2 unspecified atom stereocenters. The van der Waals surface area contributed by atoms with Gasteiger partial charge < -0.3 is 15.3 Å². The van der Waals surface area contributed by atoms with Crippen molar-refractivity contribution in [2.75, 3.05) is 19.7 Å². The third kappa shape index (κ3) is 4.29. The number of rotatable bonds is 7. The maximum Gasteiger partial charge on any atom is 0.224 e. The number of hydrogen-bond donors (Lipinski definition) is 2. The molecule has 5 heteroatoms. The Morgan fingerprint density at radius 1 is 1.44 bits per heavy atom. The van der Waals surface area contributed by atoms with Gasteiger partial charge in [0.25, 0.3) is 0 Å². The Hall–Kier alpha value is -1.10. The number of nitrogens with zero attached hydrogens (tertiary/aromatic N) is 1. The van der Waals surface area contributed by atoms with Gasteiger partial charge in [-0.2, -0.15) is 0 Å². The van der Waals surface area contributed by atoms with Crippen LogP contribution in [0.25, 0.3) is 0 Å². The van der Waals surface area contributed by atoms with Gasteiger partial charge in [-0.05, 0) is 26.2 Å². The predicted octanol–water partition coefficient (Wildman–Crippen LogP) is 0.378. The fraction of sp³-hybridized carbons (Fsp3) is 0.846. The molecule has 18 heavy (non-hydrogen) atoms. The molecule has 0 aromatic rings. The molecule has 2 N–H and O–H groups in total. The number of nitrogens with one attached hydrogen (secondary N) is 1. The molecule has 0 spiro atoms. The van der Waals surface area contributed by atoms with Gasteiger partial charge in [0.2, 0.25) is 11.8 Å². The van der Waals surface area contributed by atoms with Crippen molar-refractivity contribution in [2.45, 2.75) is 39.7 Å². The summed E-state index contributed by atoms with van der Waals surface area (Å²) in [4.78, 5) is 25.1. The number of aliphatic hydroxyl groups is 1. The molecule has 2 atom stereocenters. The molecule has 1 saturated carbocycles. The molecule has 0 aliphatic heterocycles. The zero-order valence-corrected chi connectivity index (χ0v) is 11.5. The molecule has 2 amide bonds. The van der Waals surface area contributed by atoms with Crippen LogP contribution in [0.15, 0.2) is 0 Å². The first-order valence-electron chi connectivity index (χ1n) is 6.65. The number of carbonyl (C=O) groups is 2. The highest BCUT2D eigenvalue weighted by molar-refractivity contribution is 5.82. The van der Waals surface area contributed by atoms with Crippen LogP contribution in [0.3, 0.4) is 0 Å². The summed E-state index contributed by atoms with van der Waals surface area (Å²) in [6, 6.07) is 0.0730. The van der Waals surface area contributed by atoms with Gasteiger partial charge in [-0.15, -0.1) is 0 Å².